The van der Waals surface area contributed by atoms with Crippen molar-refractivity contribution >= 4 is 6.03 Å². The number of hydrogen-bond donors (Lipinski definition) is 2. The van der Waals surface area contributed by atoms with Crippen LogP contribution < -0.4 is 10.6 Å². The van der Waals surface area contributed by atoms with Crippen molar-refractivity contribution in [1.82, 2.24) is 20.8 Å². The molecule has 2 aromatic rings. The fourth-order valence-electron chi connectivity index (χ4n) is 2.93. The van der Waals surface area contributed by atoms with Crippen molar-refractivity contribution in [2.24, 2.45) is 0 Å². The van der Waals surface area contributed by atoms with Crippen LogP contribution in [0.1, 0.15) is 43.6 Å². The number of aryl methyl sites for hydroxylation is 1. The summed E-state index contributed by atoms with van der Waals surface area (Å²) in [7, 11) is 0. The Bertz CT molecular complexity index is 660. The third-order valence-electron chi connectivity index (χ3n) is 4.33. The van der Waals surface area contributed by atoms with Gasteiger partial charge in [0.1, 0.15) is 0 Å². The van der Waals surface area contributed by atoms with Crippen molar-refractivity contribution in [3.05, 3.63) is 35.7 Å². The molecule has 0 atom stereocenters. The third kappa shape index (κ3) is 4.57. The van der Waals surface area contributed by atoms with Crippen molar-refractivity contribution in [3.8, 4) is 11.5 Å². The number of nitrogens with one attached hydrogen (secondary N) is 2. The van der Waals surface area contributed by atoms with E-state index in [1.165, 1.54) is 24.8 Å². The molecule has 1 heterocycles. The topological polar surface area (TPSA) is 80.0 Å². The van der Waals surface area contributed by atoms with Crippen molar-refractivity contribution in [2.45, 2.75) is 51.5 Å². The summed E-state index contributed by atoms with van der Waals surface area (Å²) in [5.41, 5.74) is 2.09. The van der Waals surface area contributed by atoms with Crippen LogP contribution in [0, 0.1) is 6.92 Å². The standard InChI is InChI=1S/C18H24N4O2/c1-13-7-9-14(10-8-13)17-22-21-16(24-17)11-12-19-18(23)20-15-5-3-2-4-6-15/h7-10,15H,2-6,11-12H2,1H3,(H2,19,20,23). The molecule has 0 saturated heterocycles. The number of aromatic nitrogens is 2. The van der Waals surface area contributed by atoms with Gasteiger partial charge in [-0.05, 0) is 31.9 Å². The Morgan fingerprint density at radius 3 is 2.67 bits per heavy atom. The van der Waals surface area contributed by atoms with Crippen LogP contribution in [0.15, 0.2) is 28.7 Å². The lowest BCUT2D eigenvalue weighted by atomic mass is 9.96. The van der Waals surface area contributed by atoms with Gasteiger partial charge < -0.3 is 15.1 Å². The molecular formula is C18H24N4O2. The number of rotatable bonds is 5. The van der Waals surface area contributed by atoms with Crippen LogP contribution in [0.3, 0.4) is 0 Å². The van der Waals surface area contributed by atoms with Crippen LogP contribution in [0.5, 0.6) is 0 Å². The van der Waals surface area contributed by atoms with Crippen LogP contribution in [-0.2, 0) is 6.42 Å². The summed E-state index contributed by atoms with van der Waals surface area (Å²) >= 11 is 0. The van der Waals surface area contributed by atoms with Gasteiger partial charge in [-0.1, -0.05) is 37.0 Å². The summed E-state index contributed by atoms with van der Waals surface area (Å²) in [6.07, 6.45) is 6.37. The van der Waals surface area contributed by atoms with Crippen LogP contribution in [0.2, 0.25) is 0 Å². The zero-order chi connectivity index (χ0) is 16.8. The maximum Gasteiger partial charge on any atom is 0.315 e. The van der Waals surface area contributed by atoms with Gasteiger partial charge in [-0.3, -0.25) is 0 Å². The number of carbonyl (C=O) groups is 1. The van der Waals surface area contributed by atoms with E-state index < -0.39 is 0 Å². The minimum Gasteiger partial charge on any atom is -0.421 e. The van der Waals surface area contributed by atoms with Gasteiger partial charge in [-0.2, -0.15) is 0 Å². The fourth-order valence-corrected chi connectivity index (χ4v) is 2.93. The van der Waals surface area contributed by atoms with E-state index in [2.05, 4.69) is 20.8 Å². The Morgan fingerprint density at radius 1 is 1.17 bits per heavy atom. The van der Waals surface area contributed by atoms with Gasteiger partial charge in [0.15, 0.2) is 0 Å². The van der Waals surface area contributed by atoms with Crippen molar-refractivity contribution in [2.75, 3.05) is 6.54 Å². The lowest BCUT2D eigenvalue weighted by Crippen LogP contribution is -2.43. The molecule has 1 aromatic carbocycles. The zero-order valence-electron chi connectivity index (χ0n) is 14.0. The Kier molecular flexibility index (Phi) is 5.46. The van der Waals surface area contributed by atoms with Crippen molar-refractivity contribution in [3.63, 3.8) is 0 Å². The molecule has 0 spiro atoms. The smallest absolute Gasteiger partial charge is 0.315 e. The first kappa shape index (κ1) is 16.5. The van der Waals surface area contributed by atoms with E-state index in [1.54, 1.807) is 0 Å². The minimum absolute atomic E-state index is 0.111. The number of carbonyl (C=O) groups excluding carboxylic acids is 1. The first-order valence-corrected chi connectivity index (χ1v) is 8.64. The van der Waals surface area contributed by atoms with Crippen LogP contribution >= 0.6 is 0 Å². The van der Waals surface area contributed by atoms with Crippen molar-refractivity contribution in [1.29, 1.82) is 0 Å². The predicted octanol–water partition coefficient (Wildman–Crippen LogP) is 3.22. The van der Waals surface area contributed by atoms with Gasteiger partial charge in [0.05, 0.1) is 0 Å². The first-order valence-electron chi connectivity index (χ1n) is 8.64. The summed E-state index contributed by atoms with van der Waals surface area (Å²) in [5, 5.41) is 14.0. The summed E-state index contributed by atoms with van der Waals surface area (Å²) < 4.78 is 5.65. The van der Waals surface area contributed by atoms with Gasteiger partial charge in [-0.15, -0.1) is 10.2 Å². The molecule has 6 heteroatoms. The molecular weight excluding hydrogens is 304 g/mol. The third-order valence-corrected chi connectivity index (χ3v) is 4.33. The monoisotopic (exact) mass is 328 g/mol. The Hall–Kier alpha value is -2.37. The molecule has 1 aliphatic rings. The molecule has 0 aliphatic heterocycles. The second-order valence-corrected chi connectivity index (χ2v) is 6.35. The lowest BCUT2D eigenvalue weighted by molar-refractivity contribution is 0.232. The number of amides is 2. The van der Waals surface area contributed by atoms with Crippen LogP contribution in [0.4, 0.5) is 4.79 Å². The predicted molar refractivity (Wildman–Crippen MR) is 91.6 cm³/mol. The summed E-state index contributed by atoms with van der Waals surface area (Å²) in [6.45, 7) is 2.52. The molecule has 1 aliphatic carbocycles. The highest BCUT2D eigenvalue weighted by atomic mass is 16.4. The molecule has 24 heavy (non-hydrogen) atoms. The average molecular weight is 328 g/mol. The Balaban J connectivity index is 1.43. The second kappa shape index (κ2) is 7.95. The molecule has 0 unspecified atom stereocenters. The van der Waals surface area contributed by atoms with Gasteiger partial charge in [0.2, 0.25) is 11.8 Å². The summed E-state index contributed by atoms with van der Waals surface area (Å²) in [5.74, 6) is 1.04. The van der Waals surface area contributed by atoms with E-state index in [0.717, 1.165) is 18.4 Å². The van der Waals surface area contributed by atoms with E-state index >= 15 is 0 Å². The van der Waals surface area contributed by atoms with E-state index in [0.29, 0.717) is 30.8 Å². The zero-order valence-corrected chi connectivity index (χ0v) is 14.0. The van der Waals surface area contributed by atoms with Crippen molar-refractivity contribution < 1.29 is 9.21 Å². The largest absolute Gasteiger partial charge is 0.421 e. The molecule has 1 aromatic heterocycles. The molecule has 0 bridgehead atoms. The van der Waals surface area contributed by atoms with Crippen LogP contribution in [-0.4, -0.2) is 28.8 Å². The van der Waals surface area contributed by atoms with E-state index in [9.17, 15) is 4.79 Å². The lowest BCUT2D eigenvalue weighted by Gasteiger charge is -2.22. The van der Waals surface area contributed by atoms with E-state index in [-0.39, 0.29) is 6.03 Å². The summed E-state index contributed by atoms with van der Waals surface area (Å²) in [6, 6.07) is 8.15. The van der Waals surface area contributed by atoms with E-state index in [4.69, 9.17) is 4.42 Å². The SMILES string of the molecule is Cc1ccc(-c2nnc(CCNC(=O)NC3CCCCC3)o2)cc1. The fraction of sp³-hybridized carbons (Fsp3) is 0.500. The Labute approximate surface area is 142 Å². The van der Waals surface area contributed by atoms with E-state index in [1.807, 2.05) is 31.2 Å². The highest BCUT2D eigenvalue weighted by molar-refractivity contribution is 5.74. The van der Waals surface area contributed by atoms with Gasteiger partial charge in [0.25, 0.3) is 0 Å². The molecule has 2 amide bonds. The maximum absolute atomic E-state index is 11.9. The first-order chi connectivity index (χ1) is 11.7. The number of nitrogens with zero attached hydrogens (tertiary/aromatic N) is 2. The highest BCUT2D eigenvalue weighted by Crippen LogP contribution is 2.18. The quantitative estimate of drug-likeness (QED) is 0.883. The molecule has 3 rings (SSSR count). The Morgan fingerprint density at radius 2 is 1.92 bits per heavy atom. The van der Waals surface area contributed by atoms with Gasteiger partial charge >= 0.3 is 6.03 Å². The highest BCUT2D eigenvalue weighted by Gasteiger charge is 2.15. The minimum atomic E-state index is -0.111. The van der Waals surface area contributed by atoms with Gasteiger partial charge in [-0.25, -0.2) is 4.79 Å². The molecule has 0 radical (unpaired) electrons. The number of urea groups is 1. The molecule has 6 nitrogen and oxygen atoms in total. The van der Waals surface area contributed by atoms with Gasteiger partial charge in [0, 0.05) is 24.6 Å². The second-order valence-electron chi connectivity index (χ2n) is 6.35. The maximum atomic E-state index is 11.9. The summed E-state index contributed by atoms with van der Waals surface area (Å²) in [4.78, 5) is 11.9. The molecule has 128 valence electrons. The number of hydrogen-bond acceptors (Lipinski definition) is 4. The molecule has 2 N–H and O–H groups in total. The van der Waals surface area contributed by atoms with Crippen LogP contribution in [0.25, 0.3) is 11.5 Å². The number of benzene rings is 1. The normalized spacial score (nSPS) is 15.2. The average Bonchev–Trinajstić information content (AvgIpc) is 3.05. The molecule has 1 saturated carbocycles. The molecule has 1 fully saturated rings.